The number of aliphatic hydroxyl groups is 1. The van der Waals surface area contributed by atoms with E-state index >= 15 is 0 Å². The number of hydrogen-bond acceptors (Lipinski definition) is 4. The van der Waals surface area contributed by atoms with E-state index in [1.54, 1.807) is 28.4 Å². The minimum Gasteiger partial charge on any atom is -0.384 e. The number of aromatic nitrogens is 2. The third kappa shape index (κ3) is 2.23. The summed E-state index contributed by atoms with van der Waals surface area (Å²) in [6.45, 7) is -0.194. The van der Waals surface area contributed by atoms with Gasteiger partial charge in [-0.1, -0.05) is 24.0 Å². The lowest BCUT2D eigenvalue weighted by molar-refractivity contribution is 0.350. The summed E-state index contributed by atoms with van der Waals surface area (Å²) in [5.74, 6) is 5.93. The average Bonchev–Trinajstić information content (AvgIpc) is 2.83. The molecule has 0 saturated carbocycles. The van der Waals surface area contributed by atoms with E-state index in [9.17, 15) is 4.79 Å². The van der Waals surface area contributed by atoms with Crippen LogP contribution in [0.4, 0.5) is 0 Å². The van der Waals surface area contributed by atoms with E-state index in [1.165, 1.54) is 11.5 Å². The number of pyridine rings is 1. The number of fused-ring (bicyclic) bond motifs is 1. The van der Waals surface area contributed by atoms with Gasteiger partial charge in [-0.3, -0.25) is 4.79 Å². The molecule has 20 heavy (non-hydrogen) atoms. The molecule has 0 fully saturated rings. The van der Waals surface area contributed by atoms with Crippen LogP contribution < -0.4 is 5.56 Å². The van der Waals surface area contributed by atoms with Gasteiger partial charge in [-0.2, -0.15) is 0 Å². The second kappa shape index (κ2) is 5.29. The standard InChI is InChI=1S/C15H10N2O2S/c18-9-3-4-11-7-8-16-14(10-11)17-15(19)12-5-1-2-6-13(12)20-17/h1-2,5-8,10,18H,9H2. The van der Waals surface area contributed by atoms with Crippen molar-refractivity contribution in [2.24, 2.45) is 0 Å². The van der Waals surface area contributed by atoms with Gasteiger partial charge in [0.05, 0.1) is 10.1 Å². The Balaban J connectivity index is 2.16. The normalized spacial score (nSPS) is 10.2. The van der Waals surface area contributed by atoms with E-state index in [2.05, 4.69) is 16.8 Å². The molecule has 0 unspecified atom stereocenters. The highest BCUT2D eigenvalue weighted by Crippen LogP contribution is 2.18. The zero-order valence-electron chi connectivity index (χ0n) is 10.4. The summed E-state index contributed by atoms with van der Waals surface area (Å²) < 4.78 is 2.47. The number of benzene rings is 1. The molecule has 0 bridgehead atoms. The Kier molecular flexibility index (Phi) is 3.33. The predicted molar refractivity (Wildman–Crippen MR) is 79.2 cm³/mol. The molecule has 0 spiro atoms. The molecule has 0 radical (unpaired) electrons. The van der Waals surface area contributed by atoms with Crippen molar-refractivity contribution in [3.05, 3.63) is 58.5 Å². The van der Waals surface area contributed by atoms with E-state index < -0.39 is 0 Å². The summed E-state index contributed by atoms with van der Waals surface area (Å²) in [6, 6.07) is 10.9. The third-order valence-corrected chi connectivity index (χ3v) is 3.85. The van der Waals surface area contributed by atoms with Crippen LogP contribution in [-0.4, -0.2) is 20.7 Å². The van der Waals surface area contributed by atoms with E-state index in [-0.39, 0.29) is 12.2 Å². The zero-order chi connectivity index (χ0) is 13.9. The fourth-order valence-corrected chi connectivity index (χ4v) is 2.84. The van der Waals surface area contributed by atoms with Gasteiger partial charge in [0.2, 0.25) is 0 Å². The van der Waals surface area contributed by atoms with Crippen molar-refractivity contribution in [1.29, 1.82) is 0 Å². The molecule has 98 valence electrons. The van der Waals surface area contributed by atoms with Crippen LogP contribution in [-0.2, 0) is 0 Å². The minimum atomic E-state index is -0.194. The first kappa shape index (κ1) is 12.6. The topological polar surface area (TPSA) is 55.1 Å². The lowest BCUT2D eigenvalue weighted by Crippen LogP contribution is -2.12. The number of rotatable bonds is 1. The highest BCUT2D eigenvalue weighted by atomic mass is 32.1. The summed E-state index contributed by atoms with van der Waals surface area (Å²) in [7, 11) is 0. The minimum absolute atomic E-state index is 0.0784. The molecule has 2 heterocycles. The van der Waals surface area contributed by atoms with Gasteiger partial charge < -0.3 is 5.11 Å². The van der Waals surface area contributed by atoms with Crippen molar-refractivity contribution < 1.29 is 5.11 Å². The van der Waals surface area contributed by atoms with Crippen LogP contribution in [0.25, 0.3) is 15.9 Å². The summed E-state index contributed by atoms with van der Waals surface area (Å²) in [5.41, 5.74) is 0.638. The van der Waals surface area contributed by atoms with E-state index in [4.69, 9.17) is 5.11 Å². The van der Waals surface area contributed by atoms with Crippen molar-refractivity contribution >= 4 is 21.6 Å². The maximum absolute atomic E-state index is 12.3. The molecule has 3 rings (SSSR count). The molecule has 0 aliphatic heterocycles. The first-order chi connectivity index (χ1) is 9.79. The second-order valence-corrected chi connectivity index (χ2v) is 5.04. The van der Waals surface area contributed by atoms with E-state index in [1.807, 2.05) is 18.2 Å². The SMILES string of the molecule is O=c1c2ccccc2sn1-c1cc(C#CCO)ccn1. The Hall–Kier alpha value is -2.42. The maximum Gasteiger partial charge on any atom is 0.274 e. The molecule has 2 aromatic heterocycles. The van der Waals surface area contributed by atoms with E-state index in [0.717, 1.165) is 4.70 Å². The van der Waals surface area contributed by atoms with Crippen molar-refractivity contribution in [3.63, 3.8) is 0 Å². The molecule has 5 heteroatoms. The number of aliphatic hydroxyl groups excluding tert-OH is 1. The van der Waals surface area contributed by atoms with Crippen molar-refractivity contribution in [3.8, 4) is 17.7 Å². The molecular weight excluding hydrogens is 272 g/mol. The molecule has 3 aromatic rings. The average molecular weight is 282 g/mol. The van der Waals surface area contributed by atoms with Crippen LogP contribution in [0.5, 0.6) is 0 Å². The number of hydrogen-bond donors (Lipinski definition) is 1. The smallest absolute Gasteiger partial charge is 0.274 e. The summed E-state index contributed by atoms with van der Waals surface area (Å²) >= 11 is 1.35. The summed E-state index contributed by atoms with van der Waals surface area (Å²) in [4.78, 5) is 16.5. The Morgan fingerprint density at radius 3 is 2.95 bits per heavy atom. The van der Waals surface area contributed by atoms with Gasteiger partial charge in [0, 0.05) is 11.8 Å². The second-order valence-electron chi connectivity index (χ2n) is 4.05. The Morgan fingerprint density at radius 2 is 2.15 bits per heavy atom. The molecule has 1 aromatic carbocycles. The van der Waals surface area contributed by atoms with Gasteiger partial charge in [-0.05, 0) is 35.8 Å². The quantitative estimate of drug-likeness (QED) is 0.692. The summed E-state index contributed by atoms with van der Waals surface area (Å²) in [6.07, 6.45) is 1.60. The van der Waals surface area contributed by atoms with Crippen LogP contribution >= 0.6 is 11.5 Å². The first-order valence-electron chi connectivity index (χ1n) is 5.97. The van der Waals surface area contributed by atoms with Gasteiger partial charge in [0.15, 0.2) is 5.82 Å². The molecule has 0 amide bonds. The van der Waals surface area contributed by atoms with E-state index in [0.29, 0.717) is 16.8 Å². The lowest BCUT2D eigenvalue weighted by atomic mass is 10.2. The van der Waals surface area contributed by atoms with Crippen molar-refractivity contribution in [2.75, 3.05) is 6.61 Å². The van der Waals surface area contributed by atoms with Gasteiger partial charge in [0.1, 0.15) is 6.61 Å². The third-order valence-electron chi connectivity index (χ3n) is 2.76. The Bertz CT molecular complexity index is 884. The zero-order valence-corrected chi connectivity index (χ0v) is 11.2. The molecule has 4 nitrogen and oxygen atoms in total. The summed E-state index contributed by atoms with van der Waals surface area (Å²) in [5, 5.41) is 9.40. The highest BCUT2D eigenvalue weighted by Gasteiger charge is 2.09. The van der Waals surface area contributed by atoms with Crippen LogP contribution in [0.15, 0.2) is 47.4 Å². The van der Waals surface area contributed by atoms with Crippen LogP contribution in [0, 0.1) is 11.8 Å². The monoisotopic (exact) mass is 282 g/mol. The Labute approximate surface area is 119 Å². The largest absolute Gasteiger partial charge is 0.384 e. The maximum atomic E-state index is 12.3. The molecule has 0 atom stereocenters. The van der Waals surface area contributed by atoms with Crippen LogP contribution in [0.3, 0.4) is 0 Å². The number of nitrogens with zero attached hydrogens (tertiary/aromatic N) is 2. The van der Waals surface area contributed by atoms with Gasteiger partial charge in [-0.15, -0.1) is 0 Å². The Morgan fingerprint density at radius 1 is 1.30 bits per heavy atom. The molecule has 0 aliphatic rings. The van der Waals surface area contributed by atoms with Crippen molar-refractivity contribution in [2.45, 2.75) is 0 Å². The molecule has 0 aliphatic carbocycles. The fourth-order valence-electron chi connectivity index (χ4n) is 1.87. The van der Waals surface area contributed by atoms with Crippen molar-refractivity contribution in [1.82, 2.24) is 8.94 Å². The van der Waals surface area contributed by atoms with Gasteiger partial charge in [-0.25, -0.2) is 8.94 Å². The highest BCUT2D eigenvalue weighted by molar-refractivity contribution is 7.14. The van der Waals surface area contributed by atoms with Gasteiger partial charge in [0.25, 0.3) is 5.56 Å². The molecular formula is C15H10N2O2S. The predicted octanol–water partition coefficient (Wildman–Crippen LogP) is 1.79. The van der Waals surface area contributed by atoms with Crippen LogP contribution in [0.1, 0.15) is 5.56 Å². The van der Waals surface area contributed by atoms with Gasteiger partial charge >= 0.3 is 0 Å². The fraction of sp³-hybridized carbons (Fsp3) is 0.0667. The lowest BCUT2D eigenvalue weighted by Gasteiger charge is -1.99. The molecule has 0 saturated heterocycles. The molecule has 1 N–H and O–H groups in total. The first-order valence-corrected chi connectivity index (χ1v) is 6.74. The van der Waals surface area contributed by atoms with Crippen LogP contribution in [0.2, 0.25) is 0 Å².